The van der Waals surface area contributed by atoms with Crippen LogP contribution in [-0.2, 0) is 4.79 Å². The normalized spacial score (nSPS) is 10.2. The van der Waals surface area contributed by atoms with Gasteiger partial charge in [0.15, 0.2) is 6.61 Å². The van der Waals surface area contributed by atoms with E-state index in [4.69, 9.17) is 10.5 Å². The van der Waals surface area contributed by atoms with Gasteiger partial charge in [0.2, 0.25) is 0 Å². The lowest BCUT2D eigenvalue weighted by molar-refractivity contribution is -0.118. The van der Waals surface area contributed by atoms with Crippen molar-refractivity contribution in [1.29, 1.82) is 0 Å². The monoisotopic (exact) mass is 352 g/mol. The van der Waals surface area contributed by atoms with Crippen LogP contribution in [0.25, 0.3) is 0 Å². The largest absolute Gasteiger partial charge is 0.483 e. The Hall–Kier alpha value is -2.08. The molecule has 6 heteroatoms. The third-order valence-electron chi connectivity index (χ3n) is 2.82. The van der Waals surface area contributed by atoms with Gasteiger partial charge in [0.05, 0.1) is 15.8 Å². The Kier molecular flexibility index (Phi) is 4.80. The van der Waals surface area contributed by atoms with E-state index in [9.17, 15) is 9.18 Å². The van der Waals surface area contributed by atoms with Crippen LogP contribution < -0.4 is 15.8 Å². The zero-order chi connectivity index (χ0) is 15.4. The van der Waals surface area contributed by atoms with Gasteiger partial charge in [0.1, 0.15) is 11.6 Å². The van der Waals surface area contributed by atoms with E-state index in [1.165, 1.54) is 18.2 Å². The quantitative estimate of drug-likeness (QED) is 0.827. The molecule has 0 heterocycles. The first kappa shape index (κ1) is 15.3. The summed E-state index contributed by atoms with van der Waals surface area (Å²) < 4.78 is 18.7. The van der Waals surface area contributed by atoms with E-state index >= 15 is 0 Å². The van der Waals surface area contributed by atoms with E-state index in [1.54, 1.807) is 6.07 Å². The number of carbonyl (C=O) groups excluding carboxylic acids is 1. The number of hydrogen-bond acceptors (Lipinski definition) is 3. The molecule has 0 saturated carbocycles. The minimum absolute atomic E-state index is 0.196. The number of carbonyl (C=O) groups is 1. The highest BCUT2D eigenvalue weighted by molar-refractivity contribution is 9.10. The summed E-state index contributed by atoms with van der Waals surface area (Å²) in [6, 6.07) is 9.36. The molecular formula is C15H14BrFN2O2. The van der Waals surface area contributed by atoms with Gasteiger partial charge < -0.3 is 15.8 Å². The van der Waals surface area contributed by atoms with Crippen molar-refractivity contribution < 1.29 is 13.9 Å². The van der Waals surface area contributed by atoms with Crippen LogP contribution in [0.3, 0.4) is 0 Å². The van der Waals surface area contributed by atoms with Crippen LogP contribution >= 0.6 is 15.9 Å². The van der Waals surface area contributed by atoms with Gasteiger partial charge in [-0.25, -0.2) is 4.39 Å². The van der Waals surface area contributed by atoms with E-state index < -0.39 is 0 Å². The molecule has 0 fully saturated rings. The second-order valence-corrected chi connectivity index (χ2v) is 5.31. The summed E-state index contributed by atoms with van der Waals surface area (Å²) in [7, 11) is 0. The van der Waals surface area contributed by atoms with E-state index in [0.717, 1.165) is 5.56 Å². The average Bonchev–Trinajstić information content (AvgIpc) is 2.42. The number of benzene rings is 2. The number of ether oxygens (including phenoxy) is 1. The first-order valence-corrected chi connectivity index (χ1v) is 6.99. The van der Waals surface area contributed by atoms with Crippen molar-refractivity contribution in [2.45, 2.75) is 6.92 Å². The lowest BCUT2D eigenvalue weighted by atomic mass is 10.1. The molecule has 1 amide bonds. The molecule has 0 atom stereocenters. The fourth-order valence-corrected chi connectivity index (χ4v) is 2.24. The van der Waals surface area contributed by atoms with Crippen molar-refractivity contribution in [2.24, 2.45) is 0 Å². The van der Waals surface area contributed by atoms with Gasteiger partial charge in [-0.1, -0.05) is 12.1 Å². The average molecular weight is 353 g/mol. The molecule has 0 aliphatic rings. The SMILES string of the molecule is Cc1cccc(N)c1NC(=O)COc1ccc(F)cc1Br. The molecule has 0 spiro atoms. The van der Waals surface area contributed by atoms with Crippen molar-refractivity contribution in [3.05, 3.63) is 52.3 Å². The third-order valence-corrected chi connectivity index (χ3v) is 3.44. The molecule has 4 nitrogen and oxygen atoms in total. The highest BCUT2D eigenvalue weighted by Gasteiger charge is 2.10. The van der Waals surface area contributed by atoms with Crippen LogP contribution in [0.4, 0.5) is 15.8 Å². The van der Waals surface area contributed by atoms with Crippen molar-refractivity contribution in [3.8, 4) is 5.75 Å². The number of anilines is 2. The second kappa shape index (κ2) is 6.58. The summed E-state index contributed by atoms with van der Waals surface area (Å²) in [4.78, 5) is 11.9. The van der Waals surface area contributed by atoms with Gasteiger partial charge in [-0.3, -0.25) is 4.79 Å². The Morgan fingerprint density at radius 3 is 2.81 bits per heavy atom. The van der Waals surface area contributed by atoms with Crippen molar-refractivity contribution in [2.75, 3.05) is 17.7 Å². The highest BCUT2D eigenvalue weighted by Crippen LogP contribution is 2.26. The molecule has 0 aromatic heterocycles. The minimum atomic E-state index is -0.383. The van der Waals surface area contributed by atoms with E-state index in [0.29, 0.717) is 21.6 Å². The number of amides is 1. The molecule has 0 bridgehead atoms. The highest BCUT2D eigenvalue weighted by atomic mass is 79.9. The predicted octanol–water partition coefficient (Wildman–Crippen LogP) is 3.50. The molecule has 0 radical (unpaired) electrons. The Morgan fingerprint density at radius 1 is 1.38 bits per heavy atom. The maximum absolute atomic E-state index is 12.9. The maximum atomic E-state index is 12.9. The Bertz CT molecular complexity index is 656. The van der Waals surface area contributed by atoms with Gasteiger partial charge in [-0.05, 0) is 52.7 Å². The summed E-state index contributed by atoms with van der Waals surface area (Å²) >= 11 is 3.17. The Morgan fingerprint density at radius 2 is 2.14 bits per heavy atom. The van der Waals surface area contributed by atoms with Gasteiger partial charge in [0, 0.05) is 0 Å². The minimum Gasteiger partial charge on any atom is -0.483 e. The number of hydrogen-bond donors (Lipinski definition) is 2. The lowest BCUT2D eigenvalue weighted by Crippen LogP contribution is -2.21. The van der Waals surface area contributed by atoms with E-state index in [1.807, 2.05) is 19.1 Å². The molecule has 0 aliphatic carbocycles. The van der Waals surface area contributed by atoms with Gasteiger partial charge in [-0.15, -0.1) is 0 Å². The molecule has 2 rings (SSSR count). The molecule has 2 aromatic rings. The molecule has 0 saturated heterocycles. The molecule has 0 unspecified atom stereocenters. The summed E-state index contributed by atoms with van der Waals surface area (Å²) in [5, 5.41) is 2.70. The molecule has 110 valence electrons. The number of para-hydroxylation sites is 1. The smallest absolute Gasteiger partial charge is 0.262 e. The second-order valence-electron chi connectivity index (χ2n) is 4.45. The predicted molar refractivity (Wildman–Crippen MR) is 83.8 cm³/mol. The topological polar surface area (TPSA) is 64.3 Å². The van der Waals surface area contributed by atoms with Crippen LogP contribution in [-0.4, -0.2) is 12.5 Å². The summed E-state index contributed by atoms with van der Waals surface area (Å²) in [6.45, 7) is 1.65. The van der Waals surface area contributed by atoms with Crippen LogP contribution in [0.15, 0.2) is 40.9 Å². The molecule has 21 heavy (non-hydrogen) atoms. The molecular weight excluding hydrogens is 339 g/mol. The van der Waals surface area contributed by atoms with Gasteiger partial charge in [-0.2, -0.15) is 0 Å². The summed E-state index contributed by atoms with van der Waals surface area (Å²) in [5.41, 5.74) is 7.75. The van der Waals surface area contributed by atoms with Crippen molar-refractivity contribution in [1.82, 2.24) is 0 Å². The van der Waals surface area contributed by atoms with Crippen molar-refractivity contribution in [3.63, 3.8) is 0 Å². The fraction of sp³-hybridized carbons (Fsp3) is 0.133. The number of nitrogen functional groups attached to an aromatic ring is 1. The Balaban J connectivity index is 1.99. The maximum Gasteiger partial charge on any atom is 0.262 e. The lowest BCUT2D eigenvalue weighted by Gasteiger charge is -2.12. The molecule has 2 aromatic carbocycles. The number of nitrogens with one attached hydrogen (secondary N) is 1. The fourth-order valence-electron chi connectivity index (χ4n) is 1.77. The number of rotatable bonds is 4. The summed E-state index contributed by atoms with van der Waals surface area (Å²) in [5.74, 6) is -0.331. The first-order valence-electron chi connectivity index (χ1n) is 6.20. The number of aryl methyl sites for hydroxylation is 1. The van der Waals surface area contributed by atoms with Crippen LogP contribution in [0.5, 0.6) is 5.75 Å². The first-order chi connectivity index (χ1) is 9.97. The summed E-state index contributed by atoms with van der Waals surface area (Å²) in [6.07, 6.45) is 0. The molecule has 3 N–H and O–H groups in total. The zero-order valence-electron chi connectivity index (χ0n) is 11.3. The van der Waals surface area contributed by atoms with Crippen LogP contribution in [0.2, 0.25) is 0 Å². The number of nitrogens with two attached hydrogens (primary N) is 1. The van der Waals surface area contributed by atoms with Gasteiger partial charge in [0.25, 0.3) is 5.91 Å². The van der Waals surface area contributed by atoms with E-state index in [2.05, 4.69) is 21.2 Å². The zero-order valence-corrected chi connectivity index (χ0v) is 12.9. The van der Waals surface area contributed by atoms with E-state index in [-0.39, 0.29) is 18.3 Å². The standard InChI is InChI=1S/C15H14BrFN2O2/c1-9-3-2-4-12(18)15(9)19-14(20)8-21-13-6-5-10(17)7-11(13)16/h2-7H,8,18H2,1H3,(H,19,20). The Labute approximate surface area is 130 Å². The third kappa shape index (κ3) is 3.95. The number of halogens is 2. The van der Waals surface area contributed by atoms with Gasteiger partial charge >= 0.3 is 0 Å². The van der Waals surface area contributed by atoms with Crippen LogP contribution in [0, 0.1) is 12.7 Å². The van der Waals surface area contributed by atoms with Crippen molar-refractivity contribution >= 4 is 33.2 Å². The van der Waals surface area contributed by atoms with Crippen LogP contribution in [0.1, 0.15) is 5.56 Å². The molecule has 0 aliphatic heterocycles.